The molecule has 1 rings (SSSR count). The van der Waals surface area contributed by atoms with Crippen LogP contribution in [0, 0.1) is 0 Å². The highest BCUT2D eigenvalue weighted by molar-refractivity contribution is 5.42. The van der Waals surface area contributed by atoms with Gasteiger partial charge in [-0.15, -0.1) is 0 Å². The Labute approximate surface area is 102 Å². The van der Waals surface area contributed by atoms with E-state index < -0.39 is 6.10 Å². The summed E-state index contributed by atoms with van der Waals surface area (Å²) in [7, 11) is 3.22. The smallest absolute Gasteiger partial charge is 0.160 e. The van der Waals surface area contributed by atoms with E-state index in [1.165, 1.54) is 0 Å². The van der Waals surface area contributed by atoms with Gasteiger partial charge in [-0.1, -0.05) is 6.07 Å². The summed E-state index contributed by atoms with van der Waals surface area (Å²) < 4.78 is 10.4. The number of rotatable bonds is 6. The van der Waals surface area contributed by atoms with Crippen LogP contribution >= 0.6 is 0 Å². The molecule has 17 heavy (non-hydrogen) atoms. The molecule has 0 saturated heterocycles. The van der Waals surface area contributed by atoms with E-state index in [0.717, 1.165) is 12.0 Å². The Hall–Kier alpha value is -1.26. The van der Waals surface area contributed by atoms with Crippen LogP contribution in [-0.4, -0.2) is 31.5 Å². The molecule has 4 nitrogen and oxygen atoms in total. The zero-order valence-electron chi connectivity index (χ0n) is 10.6. The maximum absolute atomic E-state index is 9.63. The van der Waals surface area contributed by atoms with Crippen LogP contribution in [0.25, 0.3) is 0 Å². The van der Waals surface area contributed by atoms with Crippen molar-refractivity contribution in [1.82, 2.24) is 0 Å². The van der Waals surface area contributed by atoms with Crippen LogP contribution in [-0.2, 0) is 6.42 Å². The highest BCUT2D eigenvalue weighted by Gasteiger charge is 2.10. The topological polar surface area (TPSA) is 64.7 Å². The Balaban J connectivity index is 2.66. The Bertz CT molecular complexity index is 353. The van der Waals surface area contributed by atoms with E-state index in [1.807, 2.05) is 18.2 Å². The molecule has 0 aliphatic heterocycles. The van der Waals surface area contributed by atoms with Gasteiger partial charge in [0.2, 0.25) is 0 Å². The van der Waals surface area contributed by atoms with Crippen molar-refractivity contribution in [2.45, 2.75) is 31.9 Å². The van der Waals surface area contributed by atoms with Gasteiger partial charge < -0.3 is 20.3 Å². The average molecular weight is 239 g/mol. The molecule has 0 saturated carbocycles. The van der Waals surface area contributed by atoms with Gasteiger partial charge in [0.25, 0.3) is 0 Å². The fourth-order valence-corrected chi connectivity index (χ4v) is 1.61. The summed E-state index contributed by atoms with van der Waals surface area (Å²) in [5, 5.41) is 9.63. The lowest BCUT2D eigenvalue weighted by Crippen LogP contribution is -2.31. The van der Waals surface area contributed by atoms with Crippen LogP contribution in [0.15, 0.2) is 18.2 Å². The zero-order valence-corrected chi connectivity index (χ0v) is 10.6. The third-order valence-electron chi connectivity index (χ3n) is 2.78. The van der Waals surface area contributed by atoms with Crippen molar-refractivity contribution in [3.8, 4) is 11.5 Å². The first-order chi connectivity index (χ1) is 8.08. The molecule has 2 atom stereocenters. The van der Waals surface area contributed by atoms with Crippen LogP contribution in [0.5, 0.6) is 11.5 Å². The standard InChI is InChI=1S/C13H21NO3/c1-9(14)11(15)6-4-10-5-7-12(16-2)13(8-10)17-3/h5,7-9,11,15H,4,6,14H2,1-3H3. The summed E-state index contributed by atoms with van der Waals surface area (Å²) in [6, 6.07) is 5.56. The van der Waals surface area contributed by atoms with Crippen molar-refractivity contribution in [2.75, 3.05) is 14.2 Å². The second-order valence-electron chi connectivity index (χ2n) is 4.15. The molecule has 96 valence electrons. The van der Waals surface area contributed by atoms with Crippen molar-refractivity contribution >= 4 is 0 Å². The molecule has 0 aliphatic rings. The molecular weight excluding hydrogens is 218 g/mol. The van der Waals surface area contributed by atoms with E-state index >= 15 is 0 Å². The Morgan fingerprint density at radius 1 is 1.24 bits per heavy atom. The van der Waals surface area contributed by atoms with Crippen molar-refractivity contribution in [3.63, 3.8) is 0 Å². The fraction of sp³-hybridized carbons (Fsp3) is 0.538. The first-order valence-electron chi connectivity index (χ1n) is 5.73. The molecule has 4 heteroatoms. The quantitative estimate of drug-likeness (QED) is 0.786. The average Bonchev–Trinajstić information content (AvgIpc) is 2.35. The lowest BCUT2D eigenvalue weighted by Gasteiger charge is -2.15. The number of aliphatic hydroxyl groups excluding tert-OH is 1. The Morgan fingerprint density at radius 3 is 2.41 bits per heavy atom. The second-order valence-corrected chi connectivity index (χ2v) is 4.15. The number of methoxy groups -OCH3 is 2. The number of aliphatic hydroxyl groups is 1. The molecule has 0 radical (unpaired) electrons. The van der Waals surface area contributed by atoms with Crippen LogP contribution in [0.4, 0.5) is 0 Å². The van der Waals surface area contributed by atoms with Gasteiger partial charge in [0.15, 0.2) is 11.5 Å². The molecule has 3 N–H and O–H groups in total. The fourth-order valence-electron chi connectivity index (χ4n) is 1.61. The number of aryl methyl sites for hydroxylation is 1. The Morgan fingerprint density at radius 2 is 1.88 bits per heavy atom. The normalized spacial score (nSPS) is 14.2. The minimum atomic E-state index is -0.469. The van der Waals surface area contributed by atoms with Gasteiger partial charge in [-0.05, 0) is 37.5 Å². The maximum atomic E-state index is 9.63. The molecule has 0 aromatic heterocycles. The third kappa shape index (κ3) is 3.91. The molecule has 0 amide bonds. The van der Waals surface area contributed by atoms with Crippen LogP contribution < -0.4 is 15.2 Å². The molecule has 0 bridgehead atoms. The molecule has 0 spiro atoms. The summed E-state index contributed by atoms with van der Waals surface area (Å²) >= 11 is 0. The summed E-state index contributed by atoms with van der Waals surface area (Å²) in [5.74, 6) is 1.42. The van der Waals surface area contributed by atoms with Gasteiger partial charge in [-0.3, -0.25) is 0 Å². The molecule has 0 heterocycles. The third-order valence-corrected chi connectivity index (χ3v) is 2.78. The lowest BCUT2D eigenvalue weighted by molar-refractivity contribution is 0.141. The van der Waals surface area contributed by atoms with Crippen molar-refractivity contribution in [2.24, 2.45) is 5.73 Å². The minimum Gasteiger partial charge on any atom is -0.493 e. The van der Waals surface area contributed by atoms with E-state index in [9.17, 15) is 5.11 Å². The minimum absolute atomic E-state index is 0.199. The van der Waals surface area contributed by atoms with Crippen LogP contribution in [0.2, 0.25) is 0 Å². The predicted molar refractivity (Wildman–Crippen MR) is 67.5 cm³/mol. The number of hydrogen-bond acceptors (Lipinski definition) is 4. The molecule has 0 fully saturated rings. The van der Waals surface area contributed by atoms with E-state index in [2.05, 4.69) is 0 Å². The van der Waals surface area contributed by atoms with Gasteiger partial charge in [-0.25, -0.2) is 0 Å². The number of ether oxygens (including phenoxy) is 2. The molecule has 1 aromatic carbocycles. The first-order valence-corrected chi connectivity index (χ1v) is 5.73. The largest absolute Gasteiger partial charge is 0.493 e. The monoisotopic (exact) mass is 239 g/mol. The highest BCUT2D eigenvalue weighted by Crippen LogP contribution is 2.28. The maximum Gasteiger partial charge on any atom is 0.160 e. The first kappa shape index (κ1) is 13.8. The number of benzene rings is 1. The lowest BCUT2D eigenvalue weighted by atomic mass is 10.0. The summed E-state index contributed by atoms with van der Waals surface area (Å²) in [6.45, 7) is 1.80. The van der Waals surface area contributed by atoms with E-state index in [0.29, 0.717) is 17.9 Å². The SMILES string of the molecule is COc1ccc(CCC(O)C(C)N)cc1OC. The zero-order chi connectivity index (χ0) is 12.8. The summed E-state index contributed by atoms with van der Waals surface area (Å²) in [4.78, 5) is 0. The van der Waals surface area contributed by atoms with E-state index in [4.69, 9.17) is 15.2 Å². The van der Waals surface area contributed by atoms with Gasteiger partial charge >= 0.3 is 0 Å². The summed E-state index contributed by atoms with van der Waals surface area (Å²) in [6.07, 6.45) is 0.944. The van der Waals surface area contributed by atoms with E-state index in [-0.39, 0.29) is 6.04 Å². The second kappa shape index (κ2) is 6.47. The number of nitrogens with two attached hydrogens (primary N) is 1. The predicted octanol–water partition coefficient (Wildman–Crippen LogP) is 1.34. The highest BCUT2D eigenvalue weighted by atomic mass is 16.5. The van der Waals surface area contributed by atoms with Gasteiger partial charge in [0, 0.05) is 6.04 Å². The molecule has 1 aromatic rings. The van der Waals surface area contributed by atoms with Crippen molar-refractivity contribution in [3.05, 3.63) is 23.8 Å². The van der Waals surface area contributed by atoms with Gasteiger partial charge in [0.1, 0.15) is 0 Å². The van der Waals surface area contributed by atoms with Crippen LogP contribution in [0.3, 0.4) is 0 Å². The van der Waals surface area contributed by atoms with Gasteiger partial charge in [-0.2, -0.15) is 0 Å². The van der Waals surface area contributed by atoms with Gasteiger partial charge in [0.05, 0.1) is 20.3 Å². The molecule has 2 unspecified atom stereocenters. The van der Waals surface area contributed by atoms with Crippen molar-refractivity contribution < 1.29 is 14.6 Å². The number of hydrogen-bond donors (Lipinski definition) is 2. The van der Waals surface area contributed by atoms with Crippen LogP contribution in [0.1, 0.15) is 18.9 Å². The summed E-state index contributed by atoms with van der Waals surface area (Å²) in [5.41, 5.74) is 6.71. The Kier molecular flexibility index (Phi) is 5.25. The molecule has 0 aliphatic carbocycles. The van der Waals surface area contributed by atoms with Crippen molar-refractivity contribution in [1.29, 1.82) is 0 Å². The van der Waals surface area contributed by atoms with E-state index in [1.54, 1.807) is 21.1 Å². The molecular formula is C13H21NO3.